The van der Waals surface area contributed by atoms with E-state index in [1.54, 1.807) is 27.7 Å². The molecule has 0 unspecified atom stereocenters. The highest BCUT2D eigenvalue weighted by Gasteiger charge is 2.52. The zero-order valence-corrected chi connectivity index (χ0v) is 30.3. The Morgan fingerprint density at radius 2 is 1.72 bits per heavy atom. The highest BCUT2D eigenvalue weighted by Crippen LogP contribution is 2.41. The number of carbonyl (C=O) groups is 2. The van der Waals surface area contributed by atoms with Gasteiger partial charge in [0.2, 0.25) is 5.91 Å². The number of aliphatic hydroxyl groups excluding tert-OH is 2. The number of hydrogen-bond acceptors (Lipinski definition) is 11. The third-order valence-corrected chi connectivity index (χ3v) is 10.4. The number of aliphatic hydroxyl groups is 3. The molecule has 3 heterocycles. The molecular weight excluding hydrogens is 608 g/mol. The lowest BCUT2D eigenvalue weighted by atomic mass is 9.73. The lowest BCUT2D eigenvalue weighted by molar-refractivity contribution is -0.302. The average molecular weight is 669 g/mol. The SMILES string of the molecule is C=C1CO[C@H]2[C@H](C)C(=NC(C)=O)[C@H](C)C[C@@](C)(OC1)[C@H](O[C@@H]1O[C@H](C)C[C@H](N(C)C)[C@H]1O)[C@@H](C)[C@H](O)[C@@H](C)C(=O)O[C@@H](CC)[C@@]2(C)O. The number of aliphatic imine (C=N–C) groups is 1. The van der Waals surface area contributed by atoms with Crippen molar-refractivity contribution in [2.45, 2.75) is 142 Å². The molecule has 3 N–H and O–H groups in total. The van der Waals surface area contributed by atoms with E-state index in [0.29, 0.717) is 17.7 Å². The minimum absolute atomic E-state index is 0.0138. The Morgan fingerprint density at radius 1 is 1.09 bits per heavy atom. The Bertz CT molecular complexity index is 1140. The van der Waals surface area contributed by atoms with E-state index in [-0.39, 0.29) is 38.2 Å². The van der Waals surface area contributed by atoms with E-state index in [4.69, 9.17) is 23.7 Å². The largest absolute Gasteiger partial charge is 0.459 e. The smallest absolute Gasteiger partial charge is 0.311 e. The van der Waals surface area contributed by atoms with Crippen LogP contribution in [0.2, 0.25) is 0 Å². The molecule has 3 aliphatic rings. The van der Waals surface area contributed by atoms with Crippen LogP contribution in [0.1, 0.15) is 81.6 Å². The van der Waals surface area contributed by atoms with Crippen molar-refractivity contribution in [1.82, 2.24) is 4.90 Å². The molecule has 47 heavy (non-hydrogen) atoms. The van der Waals surface area contributed by atoms with Crippen molar-refractivity contribution < 1.29 is 48.6 Å². The number of carbonyl (C=O) groups excluding carboxylic acids is 2. The summed E-state index contributed by atoms with van der Waals surface area (Å²) in [5.41, 5.74) is -1.84. The van der Waals surface area contributed by atoms with Crippen molar-refractivity contribution in [3.63, 3.8) is 0 Å². The predicted octanol–water partition coefficient (Wildman–Crippen LogP) is 2.90. The first-order valence-corrected chi connectivity index (χ1v) is 17.0. The second-order valence-corrected chi connectivity index (χ2v) is 14.9. The Morgan fingerprint density at radius 3 is 2.30 bits per heavy atom. The van der Waals surface area contributed by atoms with Crippen LogP contribution in [0.25, 0.3) is 0 Å². The van der Waals surface area contributed by atoms with Crippen LogP contribution in [0, 0.1) is 23.7 Å². The van der Waals surface area contributed by atoms with Crippen LogP contribution in [0.3, 0.4) is 0 Å². The third-order valence-electron chi connectivity index (χ3n) is 10.4. The topological polar surface area (TPSA) is 157 Å². The Balaban J connectivity index is 2.28. The second-order valence-electron chi connectivity index (χ2n) is 14.9. The van der Waals surface area contributed by atoms with Crippen molar-refractivity contribution in [2.24, 2.45) is 28.7 Å². The number of fused-ring (bicyclic) bond motifs is 5. The summed E-state index contributed by atoms with van der Waals surface area (Å²) in [6.45, 7) is 19.9. The van der Waals surface area contributed by atoms with Gasteiger partial charge in [-0.15, -0.1) is 0 Å². The van der Waals surface area contributed by atoms with E-state index in [1.807, 2.05) is 46.7 Å². The van der Waals surface area contributed by atoms with Crippen LogP contribution < -0.4 is 0 Å². The standard InChI is InChI=1S/C35H60N2O10/c1-13-26-35(10,42)31-21(5)27(36-24(8)38)19(3)15-34(9,44-17-18(2)16-43-31)30(22(6)28(39)23(7)32(41)46-26)47-33-29(40)25(37(11)12)14-20(4)45-33/h19-23,25-26,28-31,33,39-40,42H,2,13-17H2,1,3-12H3/t19-,20-,21-,22+,23-,25+,26+,28+,29-,30-,31+,33+,34-,35-/m1/s1. The predicted molar refractivity (Wildman–Crippen MR) is 177 cm³/mol. The number of hydrogen-bond donors (Lipinski definition) is 3. The molecule has 0 aromatic carbocycles. The zero-order valence-electron chi connectivity index (χ0n) is 30.3. The molecule has 12 heteroatoms. The Labute approximate surface area is 280 Å². The van der Waals surface area contributed by atoms with Gasteiger partial charge in [-0.2, -0.15) is 0 Å². The van der Waals surface area contributed by atoms with Gasteiger partial charge in [-0.3, -0.25) is 9.59 Å². The Hall–Kier alpha value is -1.77. The number of cyclic esters (lactones) is 1. The summed E-state index contributed by atoms with van der Waals surface area (Å²) in [6.07, 6.45) is -5.37. The van der Waals surface area contributed by atoms with E-state index in [1.165, 1.54) is 6.92 Å². The molecule has 0 saturated carbocycles. The molecule has 3 saturated heterocycles. The van der Waals surface area contributed by atoms with E-state index in [2.05, 4.69) is 11.6 Å². The molecule has 1 amide bonds. The van der Waals surface area contributed by atoms with Crippen LogP contribution in [0.4, 0.5) is 0 Å². The molecule has 0 aromatic rings. The maximum absolute atomic E-state index is 13.7. The molecule has 3 fully saturated rings. The maximum atomic E-state index is 13.7. The van der Waals surface area contributed by atoms with Gasteiger partial charge in [0, 0.05) is 30.5 Å². The van der Waals surface area contributed by atoms with Gasteiger partial charge in [0.25, 0.3) is 0 Å². The first-order valence-electron chi connectivity index (χ1n) is 17.0. The van der Waals surface area contributed by atoms with Gasteiger partial charge in [-0.25, -0.2) is 4.99 Å². The fourth-order valence-electron chi connectivity index (χ4n) is 7.75. The van der Waals surface area contributed by atoms with Gasteiger partial charge in [0.05, 0.1) is 49.1 Å². The second kappa shape index (κ2) is 15.8. The molecule has 0 aliphatic carbocycles. The zero-order chi connectivity index (χ0) is 35.6. The van der Waals surface area contributed by atoms with Crippen LogP contribution in [-0.4, -0.2) is 125 Å². The van der Waals surface area contributed by atoms with Crippen LogP contribution in [-0.2, 0) is 33.3 Å². The first-order chi connectivity index (χ1) is 21.7. The van der Waals surface area contributed by atoms with Crippen LogP contribution >= 0.6 is 0 Å². The molecule has 3 aliphatic heterocycles. The number of likely N-dealkylation sites (N-methyl/N-ethyl adjacent to an activating group) is 1. The number of rotatable bonds is 4. The monoisotopic (exact) mass is 668 g/mol. The van der Waals surface area contributed by atoms with Crippen molar-refractivity contribution in [1.29, 1.82) is 0 Å². The van der Waals surface area contributed by atoms with E-state index < -0.39 is 83.6 Å². The fraction of sp³-hybridized carbons (Fsp3) is 0.857. The van der Waals surface area contributed by atoms with Crippen molar-refractivity contribution >= 4 is 17.6 Å². The number of esters is 1. The number of amides is 1. The third kappa shape index (κ3) is 8.88. The minimum Gasteiger partial charge on any atom is -0.459 e. The first kappa shape index (κ1) is 39.7. The molecule has 12 nitrogen and oxygen atoms in total. The number of nitrogens with zero attached hydrogens (tertiary/aromatic N) is 2. The van der Waals surface area contributed by atoms with Crippen molar-refractivity contribution in [2.75, 3.05) is 27.3 Å². The summed E-state index contributed by atoms with van der Waals surface area (Å²) >= 11 is 0. The van der Waals surface area contributed by atoms with Gasteiger partial charge >= 0.3 is 5.97 Å². The Kier molecular flexibility index (Phi) is 13.4. The van der Waals surface area contributed by atoms with Crippen molar-refractivity contribution in [3.8, 4) is 0 Å². The van der Waals surface area contributed by atoms with E-state index in [9.17, 15) is 24.9 Å². The lowest BCUT2D eigenvalue weighted by Gasteiger charge is -2.48. The van der Waals surface area contributed by atoms with E-state index >= 15 is 0 Å². The summed E-state index contributed by atoms with van der Waals surface area (Å²) in [7, 11) is 3.78. The minimum atomic E-state index is -1.71. The summed E-state index contributed by atoms with van der Waals surface area (Å²) < 4.78 is 31.9. The summed E-state index contributed by atoms with van der Waals surface area (Å²) in [6, 6.07) is -0.251. The summed E-state index contributed by atoms with van der Waals surface area (Å²) in [4.78, 5) is 32.6. The molecule has 0 spiro atoms. The maximum Gasteiger partial charge on any atom is 0.311 e. The molecule has 0 radical (unpaired) electrons. The van der Waals surface area contributed by atoms with Crippen LogP contribution in [0.5, 0.6) is 0 Å². The van der Waals surface area contributed by atoms with Crippen LogP contribution in [0.15, 0.2) is 17.1 Å². The van der Waals surface area contributed by atoms with Crippen molar-refractivity contribution in [3.05, 3.63) is 12.2 Å². The molecule has 0 aromatic heterocycles. The van der Waals surface area contributed by atoms with Gasteiger partial charge in [0.1, 0.15) is 17.8 Å². The van der Waals surface area contributed by atoms with Gasteiger partial charge in [-0.1, -0.05) is 34.3 Å². The number of ether oxygens (including phenoxy) is 5. The fourth-order valence-corrected chi connectivity index (χ4v) is 7.75. The molecule has 3 rings (SSSR count). The quantitative estimate of drug-likeness (QED) is 0.299. The summed E-state index contributed by atoms with van der Waals surface area (Å²) in [5.74, 6) is -3.87. The molecule has 270 valence electrons. The summed E-state index contributed by atoms with van der Waals surface area (Å²) in [5, 5.41) is 35.3. The molecule has 14 atom stereocenters. The highest BCUT2D eigenvalue weighted by molar-refractivity contribution is 5.97. The highest BCUT2D eigenvalue weighted by atomic mass is 16.7. The lowest BCUT2D eigenvalue weighted by Crippen LogP contribution is -2.60. The normalized spacial score (nSPS) is 45.6. The molecule has 2 bridgehead atoms. The molecular formula is C35H60N2O10. The van der Waals surface area contributed by atoms with Gasteiger partial charge < -0.3 is 43.9 Å². The van der Waals surface area contributed by atoms with Gasteiger partial charge in [0.15, 0.2) is 6.29 Å². The van der Waals surface area contributed by atoms with E-state index in [0.717, 1.165) is 0 Å². The van der Waals surface area contributed by atoms with Gasteiger partial charge in [-0.05, 0) is 72.5 Å². The average Bonchev–Trinajstić information content (AvgIpc) is 3.00.